The summed E-state index contributed by atoms with van der Waals surface area (Å²) >= 11 is 0. The third kappa shape index (κ3) is 3.39. The van der Waals surface area contributed by atoms with Crippen molar-refractivity contribution in [1.29, 1.82) is 0 Å². The highest BCUT2D eigenvalue weighted by molar-refractivity contribution is 5.39. The van der Waals surface area contributed by atoms with Crippen molar-refractivity contribution in [3.63, 3.8) is 0 Å². The molecule has 2 rings (SSSR count). The summed E-state index contributed by atoms with van der Waals surface area (Å²) in [6, 6.07) is 5.91. The molecule has 0 bridgehead atoms. The Hall–Kier alpha value is -1.26. The molecule has 0 spiro atoms. The van der Waals surface area contributed by atoms with E-state index in [1.54, 1.807) is 14.2 Å². The van der Waals surface area contributed by atoms with Crippen molar-refractivity contribution in [2.45, 2.75) is 19.3 Å². The maximum Gasteiger partial charge on any atom is 0.122 e. The van der Waals surface area contributed by atoms with Crippen LogP contribution in [0.3, 0.4) is 0 Å². The van der Waals surface area contributed by atoms with E-state index in [4.69, 9.17) is 9.47 Å². The van der Waals surface area contributed by atoms with Crippen molar-refractivity contribution in [2.24, 2.45) is 5.41 Å². The normalized spacial score (nSPS) is 23.1. The molecule has 0 saturated carbocycles. The number of nitrogens with one attached hydrogen (secondary N) is 1. The average Bonchev–Trinajstić information content (AvgIpc) is 2.47. The van der Waals surface area contributed by atoms with Gasteiger partial charge in [0.1, 0.15) is 11.5 Å². The fourth-order valence-corrected chi connectivity index (χ4v) is 2.77. The van der Waals surface area contributed by atoms with Crippen LogP contribution in [0, 0.1) is 5.41 Å². The smallest absolute Gasteiger partial charge is 0.122 e. The average molecular weight is 265 g/mol. The Morgan fingerprint density at radius 3 is 2.37 bits per heavy atom. The van der Waals surface area contributed by atoms with Crippen molar-refractivity contribution < 1.29 is 14.6 Å². The maximum atomic E-state index is 9.75. The molecule has 1 aliphatic heterocycles. The molecule has 0 amide bonds. The fourth-order valence-electron chi connectivity index (χ4n) is 2.77. The molecule has 106 valence electrons. The first-order chi connectivity index (χ1) is 9.21. The minimum Gasteiger partial charge on any atom is -0.497 e. The molecule has 1 heterocycles. The zero-order valence-corrected chi connectivity index (χ0v) is 11.7. The SMILES string of the molecule is COc1cc(CC2(CO)CCCNC2)cc(OC)c1. The number of benzene rings is 1. The van der Waals surface area contributed by atoms with Gasteiger partial charge >= 0.3 is 0 Å². The summed E-state index contributed by atoms with van der Waals surface area (Å²) in [6.45, 7) is 2.12. The molecule has 0 radical (unpaired) electrons. The monoisotopic (exact) mass is 265 g/mol. The minimum atomic E-state index is -0.0599. The van der Waals surface area contributed by atoms with Crippen LogP contribution in [0.25, 0.3) is 0 Å². The number of ether oxygens (including phenoxy) is 2. The van der Waals surface area contributed by atoms with Gasteiger partial charge in [0.25, 0.3) is 0 Å². The predicted molar refractivity (Wildman–Crippen MR) is 74.9 cm³/mol. The number of hydrogen-bond donors (Lipinski definition) is 2. The van der Waals surface area contributed by atoms with E-state index in [2.05, 4.69) is 5.32 Å². The number of rotatable bonds is 5. The summed E-state index contributed by atoms with van der Waals surface area (Å²) in [4.78, 5) is 0. The van der Waals surface area contributed by atoms with E-state index < -0.39 is 0 Å². The Balaban J connectivity index is 2.20. The second kappa shape index (κ2) is 6.26. The fraction of sp³-hybridized carbons (Fsp3) is 0.600. The lowest BCUT2D eigenvalue weighted by molar-refractivity contribution is 0.0947. The predicted octanol–water partition coefficient (Wildman–Crippen LogP) is 1.61. The third-order valence-electron chi connectivity index (χ3n) is 3.89. The van der Waals surface area contributed by atoms with Crippen molar-refractivity contribution in [3.8, 4) is 11.5 Å². The maximum absolute atomic E-state index is 9.75. The molecule has 19 heavy (non-hydrogen) atoms. The van der Waals surface area contributed by atoms with Gasteiger partial charge in [-0.2, -0.15) is 0 Å². The number of hydrogen-bond acceptors (Lipinski definition) is 4. The van der Waals surface area contributed by atoms with Crippen LogP contribution in [0.4, 0.5) is 0 Å². The molecular weight excluding hydrogens is 242 g/mol. The first-order valence-electron chi connectivity index (χ1n) is 6.75. The Kier molecular flexibility index (Phi) is 4.66. The van der Waals surface area contributed by atoms with Crippen LogP contribution in [0.1, 0.15) is 18.4 Å². The summed E-state index contributed by atoms with van der Waals surface area (Å²) in [5.74, 6) is 1.59. The number of aliphatic hydroxyl groups is 1. The Labute approximate surface area is 114 Å². The van der Waals surface area contributed by atoms with E-state index in [0.717, 1.165) is 49.4 Å². The second-order valence-corrected chi connectivity index (χ2v) is 5.34. The molecule has 1 unspecified atom stereocenters. The first-order valence-corrected chi connectivity index (χ1v) is 6.75. The zero-order valence-electron chi connectivity index (χ0n) is 11.7. The van der Waals surface area contributed by atoms with E-state index in [9.17, 15) is 5.11 Å². The van der Waals surface area contributed by atoms with E-state index in [-0.39, 0.29) is 12.0 Å². The largest absolute Gasteiger partial charge is 0.497 e. The molecule has 4 heteroatoms. The topological polar surface area (TPSA) is 50.7 Å². The molecule has 4 nitrogen and oxygen atoms in total. The molecule has 1 fully saturated rings. The Bertz CT molecular complexity index is 392. The number of piperidine rings is 1. The van der Waals surface area contributed by atoms with Crippen LogP contribution in [0.15, 0.2) is 18.2 Å². The van der Waals surface area contributed by atoms with Gasteiger partial charge < -0.3 is 19.9 Å². The summed E-state index contributed by atoms with van der Waals surface area (Å²) in [5, 5.41) is 13.1. The zero-order chi connectivity index (χ0) is 13.7. The lowest BCUT2D eigenvalue weighted by Gasteiger charge is -2.36. The van der Waals surface area contributed by atoms with Gasteiger partial charge in [-0.05, 0) is 43.5 Å². The second-order valence-electron chi connectivity index (χ2n) is 5.34. The summed E-state index contributed by atoms with van der Waals surface area (Å²) in [6.07, 6.45) is 3.00. The summed E-state index contributed by atoms with van der Waals surface area (Å²) in [7, 11) is 3.31. The molecular formula is C15H23NO3. The van der Waals surface area contributed by atoms with Crippen LogP contribution in [0.5, 0.6) is 11.5 Å². The minimum absolute atomic E-state index is 0.0599. The van der Waals surface area contributed by atoms with Crippen molar-refractivity contribution in [3.05, 3.63) is 23.8 Å². The molecule has 0 aliphatic carbocycles. The molecule has 1 saturated heterocycles. The van der Waals surface area contributed by atoms with Gasteiger partial charge in [0.2, 0.25) is 0 Å². The molecule has 2 N–H and O–H groups in total. The standard InChI is InChI=1S/C15H23NO3/c1-18-13-6-12(7-14(8-13)19-2)9-15(11-17)4-3-5-16-10-15/h6-8,16-17H,3-5,9-11H2,1-2H3. The van der Waals surface area contributed by atoms with Crippen LogP contribution in [0.2, 0.25) is 0 Å². The highest BCUT2D eigenvalue weighted by Gasteiger charge is 2.31. The lowest BCUT2D eigenvalue weighted by atomic mass is 9.76. The Morgan fingerprint density at radius 2 is 1.89 bits per heavy atom. The van der Waals surface area contributed by atoms with Gasteiger partial charge in [-0.3, -0.25) is 0 Å². The third-order valence-corrected chi connectivity index (χ3v) is 3.89. The van der Waals surface area contributed by atoms with E-state index >= 15 is 0 Å². The van der Waals surface area contributed by atoms with Gasteiger partial charge in [0.15, 0.2) is 0 Å². The number of methoxy groups -OCH3 is 2. The summed E-state index contributed by atoms with van der Waals surface area (Å²) < 4.78 is 10.6. The van der Waals surface area contributed by atoms with Crippen LogP contribution >= 0.6 is 0 Å². The van der Waals surface area contributed by atoms with Crippen molar-refractivity contribution >= 4 is 0 Å². The van der Waals surface area contributed by atoms with Crippen molar-refractivity contribution in [2.75, 3.05) is 33.9 Å². The van der Waals surface area contributed by atoms with Gasteiger partial charge in [0, 0.05) is 18.0 Å². The molecule has 1 aromatic rings. The van der Waals surface area contributed by atoms with Crippen molar-refractivity contribution in [1.82, 2.24) is 5.32 Å². The van der Waals surface area contributed by atoms with Gasteiger partial charge in [-0.1, -0.05) is 0 Å². The van der Waals surface area contributed by atoms with Crippen LogP contribution in [-0.2, 0) is 6.42 Å². The van der Waals surface area contributed by atoms with Gasteiger partial charge in [-0.15, -0.1) is 0 Å². The highest BCUT2D eigenvalue weighted by atomic mass is 16.5. The van der Waals surface area contributed by atoms with E-state index in [1.165, 1.54) is 0 Å². The van der Waals surface area contributed by atoms with E-state index in [1.807, 2.05) is 18.2 Å². The van der Waals surface area contributed by atoms with Gasteiger partial charge in [0.05, 0.1) is 20.8 Å². The Morgan fingerprint density at radius 1 is 1.21 bits per heavy atom. The van der Waals surface area contributed by atoms with Crippen LogP contribution < -0.4 is 14.8 Å². The summed E-state index contributed by atoms with van der Waals surface area (Å²) in [5.41, 5.74) is 1.09. The molecule has 1 aromatic carbocycles. The lowest BCUT2D eigenvalue weighted by Crippen LogP contribution is -2.44. The number of aliphatic hydroxyl groups excluding tert-OH is 1. The van der Waals surface area contributed by atoms with Crippen LogP contribution in [-0.4, -0.2) is 39.0 Å². The highest BCUT2D eigenvalue weighted by Crippen LogP contribution is 2.32. The quantitative estimate of drug-likeness (QED) is 0.849. The van der Waals surface area contributed by atoms with Gasteiger partial charge in [-0.25, -0.2) is 0 Å². The molecule has 1 atom stereocenters. The first kappa shape index (κ1) is 14.2. The molecule has 1 aliphatic rings. The molecule has 0 aromatic heterocycles. The van der Waals surface area contributed by atoms with E-state index in [0.29, 0.717) is 0 Å².